The van der Waals surface area contributed by atoms with Gasteiger partial charge in [-0.25, -0.2) is 0 Å². The van der Waals surface area contributed by atoms with Gasteiger partial charge in [-0.3, -0.25) is 4.90 Å². The van der Waals surface area contributed by atoms with E-state index >= 15 is 0 Å². The van der Waals surface area contributed by atoms with Gasteiger partial charge in [-0.05, 0) is 19.5 Å². The van der Waals surface area contributed by atoms with E-state index in [2.05, 4.69) is 0 Å². The number of rotatable bonds is 6. The number of alkyl halides is 3. The van der Waals surface area contributed by atoms with Gasteiger partial charge in [0.25, 0.3) is 0 Å². The first-order valence-electron chi connectivity index (χ1n) is 6.30. The van der Waals surface area contributed by atoms with Gasteiger partial charge in [-0.1, -0.05) is 13.0 Å². The van der Waals surface area contributed by atoms with Crippen molar-refractivity contribution >= 4 is 0 Å². The van der Waals surface area contributed by atoms with E-state index in [0.717, 1.165) is 11.1 Å². The molecule has 0 atom stereocenters. The summed E-state index contributed by atoms with van der Waals surface area (Å²) in [5.41, 5.74) is 1.59. The summed E-state index contributed by atoms with van der Waals surface area (Å²) in [5, 5.41) is 0. The van der Waals surface area contributed by atoms with Gasteiger partial charge in [0.05, 0.1) is 20.8 Å². The van der Waals surface area contributed by atoms with E-state index in [-0.39, 0.29) is 6.54 Å². The van der Waals surface area contributed by atoms with Crippen molar-refractivity contribution in [3.8, 4) is 11.5 Å². The van der Waals surface area contributed by atoms with Gasteiger partial charge in [0.15, 0.2) is 0 Å². The Morgan fingerprint density at radius 1 is 1.15 bits per heavy atom. The molecule has 0 saturated carbocycles. The zero-order valence-electron chi connectivity index (χ0n) is 12.2. The zero-order chi connectivity index (χ0) is 15.3. The van der Waals surface area contributed by atoms with Crippen LogP contribution in [-0.4, -0.2) is 38.9 Å². The van der Waals surface area contributed by atoms with E-state index in [9.17, 15) is 13.2 Å². The first-order valence-corrected chi connectivity index (χ1v) is 6.30. The maximum Gasteiger partial charge on any atom is 0.401 e. The summed E-state index contributed by atoms with van der Waals surface area (Å²) in [5.74, 6) is 1.28. The van der Waals surface area contributed by atoms with Crippen molar-refractivity contribution in [1.29, 1.82) is 0 Å². The summed E-state index contributed by atoms with van der Waals surface area (Å²) < 4.78 is 47.7. The van der Waals surface area contributed by atoms with E-state index in [1.807, 2.05) is 6.92 Å². The average molecular weight is 291 g/mol. The van der Waals surface area contributed by atoms with Crippen LogP contribution < -0.4 is 9.47 Å². The van der Waals surface area contributed by atoms with Crippen LogP contribution in [0.3, 0.4) is 0 Å². The second-order valence-electron chi connectivity index (χ2n) is 4.58. The second kappa shape index (κ2) is 6.83. The quantitative estimate of drug-likeness (QED) is 0.803. The van der Waals surface area contributed by atoms with Crippen molar-refractivity contribution in [2.75, 3.05) is 27.8 Å². The molecular weight excluding hydrogens is 271 g/mol. The van der Waals surface area contributed by atoms with Crippen LogP contribution in [0.5, 0.6) is 11.5 Å². The minimum atomic E-state index is -4.21. The summed E-state index contributed by atoms with van der Waals surface area (Å²) in [4.78, 5) is 1.21. The monoisotopic (exact) mass is 291 g/mol. The van der Waals surface area contributed by atoms with E-state index in [1.165, 1.54) is 19.1 Å². The Hall–Kier alpha value is -1.43. The molecule has 20 heavy (non-hydrogen) atoms. The highest BCUT2D eigenvalue weighted by Gasteiger charge is 2.29. The third-order valence-corrected chi connectivity index (χ3v) is 2.97. The van der Waals surface area contributed by atoms with Gasteiger partial charge in [-0.15, -0.1) is 0 Å². The molecule has 0 aliphatic heterocycles. The van der Waals surface area contributed by atoms with Gasteiger partial charge in [-0.2, -0.15) is 13.2 Å². The lowest BCUT2D eigenvalue weighted by molar-refractivity contribution is -0.144. The Kier molecular flexibility index (Phi) is 5.68. The van der Waals surface area contributed by atoms with Crippen molar-refractivity contribution < 1.29 is 22.6 Å². The molecule has 6 heteroatoms. The fourth-order valence-electron chi connectivity index (χ4n) is 2.22. The number of methoxy groups -OCH3 is 2. The minimum absolute atomic E-state index is 0.166. The Morgan fingerprint density at radius 3 is 2.25 bits per heavy atom. The maximum absolute atomic E-state index is 12.4. The van der Waals surface area contributed by atoms with Crippen LogP contribution in [0.4, 0.5) is 13.2 Å². The third kappa shape index (κ3) is 4.30. The highest BCUT2D eigenvalue weighted by Crippen LogP contribution is 2.33. The van der Waals surface area contributed by atoms with Crippen molar-refractivity contribution in [2.45, 2.75) is 26.1 Å². The maximum atomic E-state index is 12.4. The fourth-order valence-corrected chi connectivity index (χ4v) is 2.22. The molecule has 0 fully saturated rings. The molecule has 0 aliphatic carbocycles. The largest absolute Gasteiger partial charge is 0.496 e. The van der Waals surface area contributed by atoms with Gasteiger partial charge in [0, 0.05) is 17.7 Å². The van der Waals surface area contributed by atoms with Crippen LogP contribution in [0.15, 0.2) is 12.1 Å². The Labute approximate surface area is 117 Å². The Balaban J connectivity index is 3.01. The highest BCUT2D eigenvalue weighted by molar-refractivity contribution is 5.50. The smallest absolute Gasteiger partial charge is 0.401 e. The fraction of sp³-hybridized carbons (Fsp3) is 0.571. The van der Waals surface area contributed by atoms with Crippen molar-refractivity contribution in [2.24, 2.45) is 0 Å². The normalized spacial score (nSPS) is 11.8. The Bertz CT molecular complexity index is 447. The van der Waals surface area contributed by atoms with Crippen LogP contribution in [0.25, 0.3) is 0 Å². The average Bonchev–Trinajstić information content (AvgIpc) is 2.35. The summed E-state index contributed by atoms with van der Waals surface area (Å²) in [7, 11) is 4.51. The van der Waals surface area contributed by atoms with Gasteiger partial charge >= 0.3 is 6.18 Å². The van der Waals surface area contributed by atoms with E-state index in [0.29, 0.717) is 17.9 Å². The number of hydrogen-bond donors (Lipinski definition) is 0. The summed E-state index contributed by atoms with van der Waals surface area (Å²) in [6.07, 6.45) is -3.52. The molecule has 1 aromatic rings. The molecule has 0 spiro atoms. The molecule has 0 saturated heterocycles. The number of halogens is 3. The molecule has 114 valence electrons. The lowest BCUT2D eigenvalue weighted by Gasteiger charge is -2.21. The third-order valence-electron chi connectivity index (χ3n) is 2.97. The molecule has 0 aromatic heterocycles. The topological polar surface area (TPSA) is 21.7 Å². The molecule has 1 aromatic carbocycles. The second-order valence-corrected chi connectivity index (χ2v) is 4.58. The van der Waals surface area contributed by atoms with Crippen molar-refractivity contribution in [3.05, 3.63) is 23.3 Å². The van der Waals surface area contributed by atoms with Crippen LogP contribution >= 0.6 is 0 Å². The molecule has 0 bridgehead atoms. The molecule has 1 rings (SSSR count). The number of nitrogens with zero attached hydrogens (tertiary/aromatic N) is 1. The first-order chi connectivity index (χ1) is 9.32. The van der Waals surface area contributed by atoms with Gasteiger partial charge in [0.1, 0.15) is 11.5 Å². The lowest BCUT2D eigenvalue weighted by Crippen LogP contribution is -2.30. The van der Waals surface area contributed by atoms with Crippen LogP contribution in [0.1, 0.15) is 18.1 Å². The molecule has 0 unspecified atom stereocenters. The number of ether oxygens (including phenoxy) is 2. The highest BCUT2D eigenvalue weighted by atomic mass is 19.4. The molecule has 0 N–H and O–H groups in total. The van der Waals surface area contributed by atoms with Gasteiger partial charge < -0.3 is 9.47 Å². The molecule has 3 nitrogen and oxygen atoms in total. The molecule has 0 amide bonds. The molecule has 0 radical (unpaired) electrons. The lowest BCUT2D eigenvalue weighted by atomic mass is 10.0. The molecule has 0 heterocycles. The molecular formula is C14H20F3NO2. The zero-order valence-corrected chi connectivity index (χ0v) is 12.2. The minimum Gasteiger partial charge on any atom is -0.496 e. The first kappa shape index (κ1) is 16.6. The van der Waals surface area contributed by atoms with Gasteiger partial charge in [0.2, 0.25) is 0 Å². The van der Waals surface area contributed by atoms with Crippen LogP contribution in [-0.2, 0) is 13.0 Å². The van der Waals surface area contributed by atoms with Crippen molar-refractivity contribution in [3.63, 3.8) is 0 Å². The number of benzene rings is 1. The predicted octanol–water partition coefficient (Wildman–Crippen LogP) is 3.26. The standard InChI is InChI=1S/C14H20F3NO2/c1-5-11-12(19-3)7-6-10(13(11)20-4)8-18(2)9-14(15,16)17/h6-7H,5,8-9H2,1-4H3. The van der Waals surface area contributed by atoms with Crippen LogP contribution in [0, 0.1) is 0 Å². The SMILES string of the molecule is CCc1c(OC)ccc(CN(C)CC(F)(F)F)c1OC. The van der Waals surface area contributed by atoms with E-state index in [4.69, 9.17) is 9.47 Å². The molecule has 0 aliphatic rings. The van der Waals surface area contributed by atoms with E-state index in [1.54, 1.807) is 19.2 Å². The Morgan fingerprint density at radius 2 is 1.80 bits per heavy atom. The van der Waals surface area contributed by atoms with Crippen LogP contribution in [0.2, 0.25) is 0 Å². The van der Waals surface area contributed by atoms with E-state index < -0.39 is 12.7 Å². The van der Waals surface area contributed by atoms with Crippen molar-refractivity contribution in [1.82, 2.24) is 4.90 Å². The number of hydrogen-bond acceptors (Lipinski definition) is 3. The summed E-state index contributed by atoms with van der Waals surface area (Å²) >= 11 is 0. The predicted molar refractivity (Wildman–Crippen MR) is 71.3 cm³/mol. The summed E-state index contributed by atoms with van der Waals surface area (Å²) in [6.45, 7) is 1.16. The summed E-state index contributed by atoms with van der Waals surface area (Å²) in [6, 6.07) is 3.50.